The highest BCUT2D eigenvalue weighted by atomic mass is 19.1. The van der Waals surface area contributed by atoms with Crippen LogP contribution in [0.25, 0.3) is 0 Å². The summed E-state index contributed by atoms with van der Waals surface area (Å²) in [5, 5.41) is 13.8. The van der Waals surface area contributed by atoms with Gasteiger partial charge in [0.1, 0.15) is 0 Å². The van der Waals surface area contributed by atoms with Gasteiger partial charge in [0.2, 0.25) is 11.8 Å². The summed E-state index contributed by atoms with van der Waals surface area (Å²) in [6.07, 6.45) is 0. The standard InChI is InChI=1S/C13H18FN3O3/c1-7(2)12(15)13(20)16-6-11(19)17-8-3-4-10(18)9(14)5-8/h3-5,7,12,18H,6,15H2,1-2H3,(H,16,20)(H,17,19)/t12-/m0/s1. The summed E-state index contributed by atoms with van der Waals surface area (Å²) in [6, 6.07) is 2.76. The number of rotatable bonds is 5. The molecule has 0 heterocycles. The molecule has 1 aromatic rings. The Balaban J connectivity index is 2.48. The first-order valence-corrected chi connectivity index (χ1v) is 6.13. The number of hydrogen-bond acceptors (Lipinski definition) is 4. The van der Waals surface area contributed by atoms with Crippen molar-refractivity contribution >= 4 is 17.5 Å². The van der Waals surface area contributed by atoms with Gasteiger partial charge in [-0.2, -0.15) is 0 Å². The number of carbonyl (C=O) groups is 2. The number of phenols is 1. The first-order valence-electron chi connectivity index (χ1n) is 6.13. The van der Waals surface area contributed by atoms with Crippen molar-refractivity contribution in [2.75, 3.05) is 11.9 Å². The fourth-order valence-corrected chi connectivity index (χ4v) is 1.38. The van der Waals surface area contributed by atoms with Gasteiger partial charge < -0.3 is 21.5 Å². The maximum Gasteiger partial charge on any atom is 0.243 e. The lowest BCUT2D eigenvalue weighted by Crippen LogP contribution is -2.46. The van der Waals surface area contributed by atoms with Crippen molar-refractivity contribution in [1.29, 1.82) is 0 Å². The Morgan fingerprint density at radius 2 is 2.05 bits per heavy atom. The number of halogens is 1. The Morgan fingerprint density at radius 1 is 1.40 bits per heavy atom. The van der Waals surface area contributed by atoms with Crippen molar-refractivity contribution in [2.24, 2.45) is 11.7 Å². The molecule has 0 aromatic heterocycles. The van der Waals surface area contributed by atoms with Gasteiger partial charge in [0.15, 0.2) is 11.6 Å². The first kappa shape index (κ1) is 15.9. The zero-order valence-electron chi connectivity index (χ0n) is 11.3. The number of nitrogens with two attached hydrogens (primary N) is 1. The maximum absolute atomic E-state index is 13.1. The molecule has 110 valence electrons. The van der Waals surface area contributed by atoms with E-state index < -0.39 is 29.4 Å². The van der Waals surface area contributed by atoms with Crippen LogP contribution in [0.1, 0.15) is 13.8 Å². The first-order chi connectivity index (χ1) is 9.31. The molecule has 1 rings (SSSR count). The molecule has 2 amide bonds. The van der Waals surface area contributed by atoms with Crippen molar-refractivity contribution < 1.29 is 19.1 Å². The third-order valence-corrected chi connectivity index (χ3v) is 2.68. The lowest BCUT2D eigenvalue weighted by molar-refractivity contribution is -0.125. The van der Waals surface area contributed by atoms with Crippen molar-refractivity contribution in [3.05, 3.63) is 24.0 Å². The van der Waals surface area contributed by atoms with E-state index >= 15 is 0 Å². The van der Waals surface area contributed by atoms with Crippen molar-refractivity contribution in [1.82, 2.24) is 5.32 Å². The van der Waals surface area contributed by atoms with E-state index in [9.17, 15) is 14.0 Å². The number of anilines is 1. The minimum atomic E-state index is -0.839. The predicted octanol–water partition coefficient (Wildman–Crippen LogP) is 0.569. The molecule has 0 radical (unpaired) electrons. The van der Waals surface area contributed by atoms with Gasteiger partial charge in [-0.25, -0.2) is 4.39 Å². The summed E-state index contributed by atoms with van der Waals surface area (Å²) in [7, 11) is 0. The lowest BCUT2D eigenvalue weighted by Gasteiger charge is -2.15. The van der Waals surface area contributed by atoms with Crippen LogP contribution >= 0.6 is 0 Å². The molecule has 0 saturated carbocycles. The van der Waals surface area contributed by atoms with E-state index in [0.29, 0.717) is 0 Å². The molecule has 6 nitrogen and oxygen atoms in total. The number of carbonyl (C=O) groups excluding carboxylic acids is 2. The van der Waals surface area contributed by atoms with E-state index in [1.165, 1.54) is 6.07 Å². The van der Waals surface area contributed by atoms with E-state index in [-0.39, 0.29) is 18.2 Å². The number of nitrogens with one attached hydrogen (secondary N) is 2. The molecule has 0 unspecified atom stereocenters. The number of benzene rings is 1. The molecular weight excluding hydrogens is 265 g/mol. The van der Waals surface area contributed by atoms with Crippen molar-refractivity contribution in [2.45, 2.75) is 19.9 Å². The molecule has 1 atom stereocenters. The highest BCUT2D eigenvalue weighted by Gasteiger charge is 2.17. The Hall–Kier alpha value is -2.15. The molecule has 0 aliphatic rings. The third kappa shape index (κ3) is 4.51. The number of aromatic hydroxyl groups is 1. The van der Waals surface area contributed by atoms with Gasteiger partial charge in [-0.3, -0.25) is 9.59 Å². The second-order valence-electron chi connectivity index (χ2n) is 4.70. The monoisotopic (exact) mass is 283 g/mol. The van der Waals surface area contributed by atoms with Crippen molar-refractivity contribution in [3.8, 4) is 5.75 Å². The Kier molecular flexibility index (Phi) is 5.45. The van der Waals surface area contributed by atoms with Crippen LogP contribution in [0.3, 0.4) is 0 Å². The number of amides is 2. The Morgan fingerprint density at radius 3 is 2.60 bits per heavy atom. The molecule has 0 aliphatic heterocycles. The summed E-state index contributed by atoms with van der Waals surface area (Å²) in [6.45, 7) is 3.33. The topological polar surface area (TPSA) is 104 Å². The maximum atomic E-state index is 13.1. The average Bonchev–Trinajstić information content (AvgIpc) is 2.39. The van der Waals surface area contributed by atoms with Gasteiger partial charge in [0, 0.05) is 11.8 Å². The summed E-state index contributed by atoms with van der Waals surface area (Å²) in [5.74, 6) is -2.32. The molecule has 0 bridgehead atoms. The van der Waals surface area contributed by atoms with Crippen LogP contribution in [0, 0.1) is 11.7 Å². The fourth-order valence-electron chi connectivity index (χ4n) is 1.38. The molecule has 5 N–H and O–H groups in total. The quantitative estimate of drug-likeness (QED) is 0.593. The molecule has 0 saturated heterocycles. The van der Waals surface area contributed by atoms with Crippen LogP contribution in [0.5, 0.6) is 5.75 Å². The summed E-state index contributed by atoms with van der Waals surface area (Å²) in [4.78, 5) is 23.1. The van der Waals surface area contributed by atoms with Crippen LogP contribution in [-0.2, 0) is 9.59 Å². The average molecular weight is 283 g/mol. The van der Waals surface area contributed by atoms with E-state index in [4.69, 9.17) is 10.8 Å². The van der Waals surface area contributed by atoms with E-state index in [1.54, 1.807) is 13.8 Å². The number of phenolic OH excluding ortho intramolecular Hbond substituents is 1. The second-order valence-corrected chi connectivity index (χ2v) is 4.70. The van der Waals surface area contributed by atoms with Crippen LogP contribution in [0.15, 0.2) is 18.2 Å². The fraction of sp³-hybridized carbons (Fsp3) is 0.385. The highest BCUT2D eigenvalue weighted by Crippen LogP contribution is 2.19. The van der Waals surface area contributed by atoms with Gasteiger partial charge in [-0.15, -0.1) is 0 Å². The van der Waals surface area contributed by atoms with Gasteiger partial charge in [0.05, 0.1) is 12.6 Å². The van der Waals surface area contributed by atoms with Crippen LogP contribution in [0.4, 0.5) is 10.1 Å². The van der Waals surface area contributed by atoms with Gasteiger partial charge in [-0.1, -0.05) is 13.8 Å². The van der Waals surface area contributed by atoms with Gasteiger partial charge in [0.25, 0.3) is 0 Å². The minimum absolute atomic E-state index is 0.0377. The van der Waals surface area contributed by atoms with Crippen LogP contribution < -0.4 is 16.4 Å². The largest absolute Gasteiger partial charge is 0.505 e. The molecule has 7 heteroatoms. The third-order valence-electron chi connectivity index (χ3n) is 2.68. The van der Waals surface area contributed by atoms with Crippen LogP contribution in [0.2, 0.25) is 0 Å². The molecule has 0 spiro atoms. The smallest absolute Gasteiger partial charge is 0.243 e. The molecule has 0 fully saturated rings. The zero-order valence-corrected chi connectivity index (χ0v) is 11.3. The molecule has 20 heavy (non-hydrogen) atoms. The molecule has 0 aliphatic carbocycles. The summed E-state index contributed by atoms with van der Waals surface area (Å²) < 4.78 is 13.1. The summed E-state index contributed by atoms with van der Waals surface area (Å²) >= 11 is 0. The highest BCUT2D eigenvalue weighted by molar-refractivity contribution is 5.95. The summed E-state index contributed by atoms with van der Waals surface area (Å²) in [5.41, 5.74) is 5.80. The molecular formula is C13H18FN3O3. The minimum Gasteiger partial charge on any atom is -0.505 e. The van der Waals surface area contributed by atoms with Gasteiger partial charge >= 0.3 is 0 Å². The van der Waals surface area contributed by atoms with E-state index in [2.05, 4.69) is 10.6 Å². The molecule has 1 aromatic carbocycles. The zero-order chi connectivity index (χ0) is 15.3. The lowest BCUT2D eigenvalue weighted by atomic mass is 10.1. The predicted molar refractivity (Wildman–Crippen MR) is 72.5 cm³/mol. The Labute approximate surface area is 116 Å². The second kappa shape index (κ2) is 6.85. The SMILES string of the molecule is CC(C)[C@H](N)C(=O)NCC(=O)Nc1ccc(O)c(F)c1. The van der Waals surface area contributed by atoms with E-state index in [1.807, 2.05) is 0 Å². The van der Waals surface area contributed by atoms with Gasteiger partial charge in [-0.05, 0) is 18.1 Å². The normalized spacial score (nSPS) is 12.1. The van der Waals surface area contributed by atoms with Crippen LogP contribution in [-0.4, -0.2) is 29.5 Å². The van der Waals surface area contributed by atoms with Crippen molar-refractivity contribution in [3.63, 3.8) is 0 Å². The van der Waals surface area contributed by atoms with E-state index in [0.717, 1.165) is 12.1 Å². The number of hydrogen-bond donors (Lipinski definition) is 4. The Bertz CT molecular complexity index is 506.